The highest BCUT2D eigenvalue weighted by Crippen LogP contribution is 2.28. The van der Waals surface area contributed by atoms with Crippen LogP contribution < -0.4 is 25.2 Å². The van der Waals surface area contributed by atoms with Crippen molar-refractivity contribution in [3.63, 3.8) is 0 Å². The van der Waals surface area contributed by atoms with Crippen molar-refractivity contribution in [1.29, 1.82) is 0 Å². The van der Waals surface area contributed by atoms with E-state index in [-0.39, 0.29) is 6.03 Å². The van der Waals surface area contributed by atoms with Gasteiger partial charge in [0.15, 0.2) is 0 Å². The minimum atomic E-state index is -0.331. The van der Waals surface area contributed by atoms with Gasteiger partial charge in [-0.2, -0.15) is 5.10 Å². The molecule has 46 heavy (non-hydrogen) atoms. The van der Waals surface area contributed by atoms with Gasteiger partial charge in [-0.15, -0.1) is 0 Å². The number of anilines is 5. The molecule has 1 aliphatic heterocycles. The van der Waals surface area contributed by atoms with Gasteiger partial charge < -0.3 is 25.2 Å². The number of fused-ring (bicyclic) bond motifs is 1. The van der Waals surface area contributed by atoms with Crippen molar-refractivity contribution in [2.24, 2.45) is 0 Å². The van der Waals surface area contributed by atoms with E-state index in [4.69, 9.17) is 9.84 Å². The third-order valence-corrected chi connectivity index (χ3v) is 8.21. The smallest absolute Gasteiger partial charge is 0.327 e. The van der Waals surface area contributed by atoms with Gasteiger partial charge in [0.05, 0.1) is 35.7 Å². The van der Waals surface area contributed by atoms with Crippen LogP contribution in [-0.2, 0) is 6.54 Å². The Bertz CT molecular complexity index is 1800. The maximum Gasteiger partial charge on any atom is 0.327 e. The molecule has 5 aromatic rings. The van der Waals surface area contributed by atoms with E-state index in [2.05, 4.69) is 66.6 Å². The van der Waals surface area contributed by atoms with Gasteiger partial charge in [-0.05, 0) is 62.9 Å². The van der Waals surface area contributed by atoms with E-state index in [9.17, 15) is 4.79 Å². The standard InChI is InChI=1S/C34H40N10O2/c1-5-42-17-19-43(20-18-42)27-15-13-25(14-16-27)37-30-21-31(36-23-35-30)41(4)34(45)39-28-10-8-11-29-33(28)24(3)40-44(29)22-26-9-7-12-32(38-26)46-6-2/h7-16,21,23H,5-6,17-20,22H2,1-4H3,(H,39,45)(H,35,36,37). The van der Waals surface area contributed by atoms with Crippen LogP contribution in [0.15, 0.2) is 73.1 Å². The second-order valence-corrected chi connectivity index (χ2v) is 11.2. The topological polar surface area (TPSA) is 117 Å². The molecule has 238 valence electrons. The van der Waals surface area contributed by atoms with Crippen molar-refractivity contribution < 1.29 is 9.53 Å². The Balaban J connectivity index is 1.12. The SMILES string of the molecule is CCOc1cccc(Cn2nc(C)c3c(NC(=O)N(C)c4cc(Nc5ccc(N6CCN(CC)CC6)cc5)ncn4)cccc32)n1. The maximum atomic E-state index is 13.4. The van der Waals surface area contributed by atoms with Crippen LogP contribution in [0.3, 0.4) is 0 Å². The number of amides is 2. The number of hydrogen-bond donors (Lipinski definition) is 2. The number of hydrogen-bond acceptors (Lipinski definition) is 9. The molecular weight excluding hydrogens is 580 g/mol. The third-order valence-electron chi connectivity index (χ3n) is 8.21. The van der Waals surface area contributed by atoms with Gasteiger partial charge in [0, 0.05) is 62.1 Å². The second-order valence-electron chi connectivity index (χ2n) is 11.2. The lowest BCUT2D eigenvalue weighted by Gasteiger charge is -2.35. The molecule has 2 N–H and O–H groups in total. The molecule has 0 spiro atoms. The minimum Gasteiger partial charge on any atom is -0.478 e. The first-order chi connectivity index (χ1) is 22.4. The van der Waals surface area contributed by atoms with Gasteiger partial charge in [0.2, 0.25) is 5.88 Å². The van der Waals surface area contributed by atoms with Crippen LogP contribution in [-0.4, -0.2) is 82.0 Å². The number of carbonyl (C=O) groups excluding carboxylic acids is 1. The number of aryl methyl sites for hydroxylation is 1. The summed E-state index contributed by atoms with van der Waals surface area (Å²) < 4.78 is 7.45. The van der Waals surface area contributed by atoms with E-state index in [1.807, 2.05) is 54.9 Å². The van der Waals surface area contributed by atoms with E-state index < -0.39 is 0 Å². The molecule has 0 atom stereocenters. The summed E-state index contributed by atoms with van der Waals surface area (Å²) in [6.07, 6.45) is 1.45. The van der Waals surface area contributed by atoms with Crippen LogP contribution in [0.4, 0.5) is 33.5 Å². The molecule has 12 heteroatoms. The molecule has 0 radical (unpaired) electrons. The summed E-state index contributed by atoms with van der Waals surface area (Å²) >= 11 is 0. The Labute approximate surface area is 269 Å². The normalized spacial score (nSPS) is 13.5. The molecule has 1 saturated heterocycles. The van der Waals surface area contributed by atoms with E-state index in [1.165, 1.54) is 16.9 Å². The summed E-state index contributed by atoms with van der Waals surface area (Å²) in [6.45, 7) is 12.4. The van der Waals surface area contributed by atoms with Crippen LogP contribution in [0, 0.1) is 6.92 Å². The number of benzene rings is 2. The van der Waals surface area contributed by atoms with Crippen molar-refractivity contribution in [2.45, 2.75) is 27.3 Å². The monoisotopic (exact) mass is 620 g/mol. The molecule has 2 amide bonds. The van der Waals surface area contributed by atoms with Crippen LogP contribution in [0.25, 0.3) is 10.9 Å². The first kappa shape index (κ1) is 30.8. The van der Waals surface area contributed by atoms with Crippen molar-refractivity contribution in [3.8, 4) is 5.88 Å². The summed E-state index contributed by atoms with van der Waals surface area (Å²) in [5.74, 6) is 1.64. The largest absolute Gasteiger partial charge is 0.478 e. The number of carbonyl (C=O) groups is 1. The molecule has 0 aliphatic carbocycles. The van der Waals surface area contributed by atoms with E-state index >= 15 is 0 Å². The first-order valence-electron chi connectivity index (χ1n) is 15.7. The number of piperazine rings is 1. The number of nitrogens with one attached hydrogen (secondary N) is 2. The summed E-state index contributed by atoms with van der Waals surface area (Å²) in [4.78, 5) is 33.1. The lowest BCUT2D eigenvalue weighted by atomic mass is 10.1. The summed E-state index contributed by atoms with van der Waals surface area (Å²) in [5, 5.41) is 12.0. The van der Waals surface area contributed by atoms with E-state index in [1.54, 1.807) is 13.1 Å². The Morgan fingerprint density at radius 2 is 1.76 bits per heavy atom. The Morgan fingerprint density at radius 1 is 0.978 bits per heavy atom. The Kier molecular flexibility index (Phi) is 9.25. The first-order valence-corrected chi connectivity index (χ1v) is 15.7. The second kappa shape index (κ2) is 13.8. The zero-order chi connectivity index (χ0) is 32.0. The molecule has 3 aromatic heterocycles. The number of nitrogens with zero attached hydrogens (tertiary/aromatic N) is 8. The Morgan fingerprint density at radius 3 is 2.52 bits per heavy atom. The highest BCUT2D eigenvalue weighted by atomic mass is 16.5. The summed E-state index contributed by atoms with van der Waals surface area (Å²) in [6, 6.07) is 21.3. The average Bonchev–Trinajstić information content (AvgIpc) is 3.40. The van der Waals surface area contributed by atoms with Gasteiger partial charge in [0.1, 0.15) is 18.0 Å². The van der Waals surface area contributed by atoms with Gasteiger partial charge >= 0.3 is 6.03 Å². The van der Waals surface area contributed by atoms with E-state index in [0.29, 0.717) is 36.4 Å². The van der Waals surface area contributed by atoms with Crippen molar-refractivity contribution in [3.05, 3.63) is 84.4 Å². The zero-order valence-electron chi connectivity index (χ0n) is 26.8. The maximum absolute atomic E-state index is 13.4. The van der Waals surface area contributed by atoms with E-state index in [0.717, 1.165) is 60.7 Å². The highest BCUT2D eigenvalue weighted by Gasteiger charge is 2.19. The van der Waals surface area contributed by atoms with Crippen molar-refractivity contribution in [2.75, 3.05) is 66.8 Å². The van der Waals surface area contributed by atoms with Crippen LogP contribution in [0.2, 0.25) is 0 Å². The predicted octanol–water partition coefficient (Wildman–Crippen LogP) is 5.53. The molecule has 0 unspecified atom stereocenters. The molecule has 2 aromatic carbocycles. The Hall–Kier alpha value is -5.23. The average molecular weight is 621 g/mol. The molecule has 0 saturated carbocycles. The zero-order valence-corrected chi connectivity index (χ0v) is 26.8. The fourth-order valence-electron chi connectivity index (χ4n) is 5.70. The van der Waals surface area contributed by atoms with Gasteiger partial charge in [0.25, 0.3) is 0 Å². The van der Waals surface area contributed by atoms with Gasteiger partial charge in [-0.3, -0.25) is 9.58 Å². The number of urea groups is 1. The van der Waals surface area contributed by atoms with Gasteiger partial charge in [-0.25, -0.2) is 19.7 Å². The predicted molar refractivity (Wildman–Crippen MR) is 182 cm³/mol. The minimum absolute atomic E-state index is 0.331. The molecule has 12 nitrogen and oxygen atoms in total. The van der Waals surface area contributed by atoms with Crippen molar-refractivity contribution >= 4 is 45.6 Å². The lowest BCUT2D eigenvalue weighted by Crippen LogP contribution is -2.46. The number of rotatable bonds is 10. The number of aromatic nitrogens is 5. The third kappa shape index (κ3) is 6.86. The molecular formula is C34H40N10O2. The van der Waals surface area contributed by atoms with Crippen LogP contribution in [0.1, 0.15) is 25.2 Å². The molecule has 6 rings (SSSR count). The molecule has 0 bridgehead atoms. The fraction of sp³-hybridized carbons (Fsp3) is 0.324. The van der Waals surface area contributed by atoms with Crippen LogP contribution >= 0.6 is 0 Å². The molecule has 1 fully saturated rings. The number of likely N-dealkylation sites (N-methyl/N-ethyl adjacent to an activating group) is 1. The number of pyridine rings is 1. The van der Waals surface area contributed by atoms with Crippen molar-refractivity contribution in [1.82, 2.24) is 29.6 Å². The lowest BCUT2D eigenvalue weighted by molar-refractivity contribution is 0.258. The summed E-state index contributed by atoms with van der Waals surface area (Å²) in [5.41, 5.74) is 5.31. The molecule has 1 aliphatic rings. The quantitative estimate of drug-likeness (QED) is 0.208. The van der Waals surface area contributed by atoms with Gasteiger partial charge in [-0.1, -0.05) is 19.1 Å². The number of ether oxygens (including phenoxy) is 1. The summed E-state index contributed by atoms with van der Waals surface area (Å²) in [7, 11) is 1.68. The highest BCUT2D eigenvalue weighted by molar-refractivity contribution is 6.07. The van der Waals surface area contributed by atoms with Crippen LogP contribution in [0.5, 0.6) is 5.88 Å². The fourth-order valence-corrected chi connectivity index (χ4v) is 5.70. The molecule has 4 heterocycles.